The fraction of sp³-hybridized carbons (Fsp3) is 0.250. The average molecular weight is 218 g/mol. The number of nitrogens with zero attached hydrogens (tertiary/aromatic N) is 2. The molecule has 2 N–H and O–H groups in total. The molecule has 0 spiro atoms. The molecule has 0 saturated heterocycles. The van der Waals surface area contributed by atoms with Crippen LogP contribution in [-0.4, -0.2) is 4.98 Å². The van der Waals surface area contributed by atoms with Gasteiger partial charge in [0.2, 0.25) is 0 Å². The maximum Gasteiger partial charge on any atom is 0.281 e. The Kier molecular flexibility index (Phi) is 3.20. The third kappa shape index (κ3) is 1.75. The van der Waals surface area contributed by atoms with Crippen molar-refractivity contribution in [1.82, 2.24) is 4.98 Å². The summed E-state index contributed by atoms with van der Waals surface area (Å²) in [5.41, 5.74) is 5.00. The van der Waals surface area contributed by atoms with Crippen LogP contribution in [0.4, 0.5) is 14.5 Å². The summed E-state index contributed by atoms with van der Waals surface area (Å²) >= 11 is 5.49. The topological polar surface area (TPSA) is 62.7 Å². The highest BCUT2D eigenvalue weighted by Crippen LogP contribution is 2.26. The highest BCUT2D eigenvalue weighted by molar-refractivity contribution is 6.17. The van der Waals surface area contributed by atoms with Crippen molar-refractivity contribution >= 4 is 17.3 Å². The van der Waals surface area contributed by atoms with Gasteiger partial charge in [-0.05, 0) is 0 Å². The molecule has 0 aromatic carbocycles. The van der Waals surface area contributed by atoms with Crippen LogP contribution in [0.5, 0.6) is 0 Å². The SMILES string of the molecule is N#Cc1c(C(F)F)ncc(N)c1CCl. The molecule has 74 valence electrons. The van der Waals surface area contributed by atoms with Gasteiger partial charge in [-0.1, -0.05) is 0 Å². The summed E-state index contributed by atoms with van der Waals surface area (Å²) in [5, 5.41) is 8.67. The second kappa shape index (κ2) is 4.20. The Bertz CT molecular complexity index is 387. The van der Waals surface area contributed by atoms with Crippen LogP contribution in [0.15, 0.2) is 6.20 Å². The number of hydrogen-bond acceptors (Lipinski definition) is 3. The van der Waals surface area contributed by atoms with Gasteiger partial charge in [0.25, 0.3) is 6.43 Å². The Balaban J connectivity index is 3.43. The minimum absolute atomic E-state index is 0.0863. The van der Waals surface area contributed by atoms with Gasteiger partial charge in [-0.15, -0.1) is 11.6 Å². The first-order chi connectivity index (χ1) is 6.61. The van der Waals surface area contributed by atoms with E-state index in [2.05, 4.69) is 4.98 Å². The van der Waals surface area contributed by atoms with E-state index in [1.165, 1.54) is 0 Å². The Morgan fingerprint density at radius 3 is 2.71 bits per heavy atom. The Morgan fingerprint density at radius 2 is 2.29 bits per heavy atom. The third-order valence-corrected chi connectivity index (χ3v) is 1.97. The monoisotopic (exact) mass is 217 g/mol. The summed E-state index contributed by atoms with van der Waals surface area (Å²) in [6.07, 6.45) is -1.72. The predicted octanol–water partition coefficient (Wildman–Crippen LogP) is 2.21. The maximum absolute atomic E-state index is 12.4. The number of anilines is 1. The van der Waals surface area contributed by atoms with Crippen molar-refractivity contribution in [2.24, 2.45) is 0 Å². The fourth-order valence-corrected chi connectivity index (χ4v) is 1.30. The van der Waals surface area contributed by atoms with Gasteiger partial charge in [0.15, 0.2) is 0 Å². The molecule has 0 unspecified atom stereocenters. The smallest absolute Gasteiger partial charge is 0.281 e. The number of nitriles is 1. The number of nitrogen functional groups attached to an aromatic ring is 1. The fourth-order valence-electron chi connectivity index (χ4n) is 1.01. The zero-order valence-corrected chi connectivity index (χ0v) is 7.72. The molecule has 0 aliphatic rings. The second-order valence-electron chi connectivity index (χ2n) is 2.50. The number of rotatable bonds is 2. The van der Waals surface area contributed by atoms with Crippen molar-refractivity contribution in [3.63, 3.8) is 0 Å². The minimum atomic E-state index is -2.80. The Hall–Kier alpha value is -1.41. The van der Waals surface area contributed by atoms with Crippen LogP contribution in [0.1, 0.15) is 23.2 Å². The van der Waals surface area contributed by atoms with Gasteiger partial charge in [0, 0.05) is 5.56 Å². The normalized spacial score (nSPS) is 10.2. The highest BCUT2D eigenvalue weighted by Gasteiger charge is 2.19. The van der Waals surface area contributed by atoms with Crippen LogP contribution in [0.25, 0.3) is 0 Å². The van der Waals surface area contributed by atoms with Crippen molar-refractivity contribution < 1.29 is 8.78 Å². The van der Waals surface area contributed by atoms with E-state index in [1.807, 2.05) is 0 Å². The summed E-state index contributed by atoms with van der Waals surface area (Å²) in [7, 11) is 0. The molecular formula is C8H6ClF2N3. The number of aromatic nitrogens is 1. The van der Waals surface area contributed by atoms with E-state index in [-0.39, 0.29) is 22.7 Å². The van der Waals surface area contributed by atoms with E-state index in [0.717, 1.165) is 6.20 Å². The number of alkyl halides is 3. The van der Waals surface area contributed by atoms with E-state index in [4.69, 9.17) is 22.6 Å². The van der Waals surface area contributed by atoms with Gasteiger partial charge in [0.1, 0.15) is 11.8 Å². The van der Waals surface area contributed by atoms with Crippen molar-refractivity contribution in [1.29, 1.82) is 5.26 Å². The molecule has 0 fully saturated rings. The van der Waals surface area contributed by atoms with Gasteiger partial charge in [-0.25, -0.2) is 8.78 Å². The van der Waals surface area contributed by atoms with Crippen LogP contribution in [0.2, 0.25) is 0 Å². The molecule has 0 saturated carbocycles. The lowest BCUT2D eigenvalue weighted by Gasteiger charge is -2.07. The molecule has 6 heteroatoms. The van der Waals surface area contributed by atoms with Crippen molar-refractivity contribution in [2.45, 2.75) is 12.3 Å². The first-order valence-electron chi connectivity index (χ1n) is 3.63. The first-order valence-corrected chi connectivity index (χ1v) is 4.16. The lowest BCUT2D eigenvalue weighted by molar-refractivity contribution is 0.145. The zero-order valence-electron chi connectivity index (χ0n) is 6.97. The molecule has 0 bridgehead atoms. The summed E-state index contributed by atoms with van der Waals surface area (Å²) in [4.78, 5) is 3.40. The van der Waals surface area contributed by atoms with E-state index in [0.29, 0.717) is 0 Å². The molecule has 0 atom stereocenters. The van der Waals surface area contributed by atoms with Crippen LogP contribution < -0.4 is 5.73 Å². The Labute approximate surface area is 84.1 Å². The zero-order chi connectivity index (χ0) is 10.7. The van der Waals surface area contributed by atoms with Crippen LogP contribution in [0, 0.1) is 11.3 Å². The largest absolute Gasteiger partial charge is 0.397 e. The standard InChI is InChI=1S/C8H6ClF2N3/c9-1-4-5(2-12)7(8(10)11)14-3-6(4)13/h3,8H,1,13H2. The van der Waals surface area contributed by atoms with Crippen LogP contribution in [-0.2, 0) is 5.88 Å². The summed E-state index contributed by atoms with van der Waals surface area (Å²) in [5.74, 6) is -0.0863. The minimum Gasteiger partial charge on any atom is -0.397 e. The van der Waals surface area contributed by atoms with Gasteiger partial charge < -0.3 is 5.73 Å². The molecule has 3 nitrogen and oxygen atoms in total. The van der Waals surface area contributed by atoms with Gasteiger partial charge in [0.05, 0.1) is 23.3 Å². The van der Waals surface area contributed by atoms with Crippen molar-refractivity contribution in [3.8, 4) is 6.07 Å². The predicted molar refractivity (Wildman–Crippen MR) is 47.9 cm³/mol. The molecule has 1 rings (SSSR count). The van der Waals surface area contributed by atoms with Gasteiger partial charge in [-0.2, -0.15) is 5.26 Å². The summed E-state index contributed by atoms with van der Waals surface area (Å²) in [6.45, 7) is 0. The molecule has 0 aliphatic heterocycles. The lowest BCUT2D eigenvalue weighted by atomic mass is 10.1. The highest BCUT2D eigenvalue weighted by atomic mass is 35.5. The average Bonchev–Trinajstić information content (AvgIpc) is 2.16. The molecule has 0 aliphatic carbocycles. The quantitative estimate of drug-likeness (QED) is 0.773. The number of hydrogen-bond donors (Lipinski definition) is 1. The van der Waals surface area contributed by atoms with E-state index >= 15 is 0 Å². The summed E-state index contributed by atoms with van der Waals surface area (Å²) < 4.78 is 24.7. The van der Waals surface area contributed by atoms with Gasteiger partial charge in [-0.3, -0.25) is 4.98 Å². The van der Waals surface area contributed by atoms with Crippen LogP contribution >= 0.6 is 11.6 Å². The summed E-state index contributed by atoms with van der Waals surface area (Å²) in [6, 6.07) is 1.63. The number of halogens is 3. The Morgan fingerprint density at radius 1 is 1.64 bits per heavy atom. The van der Waals surface area contributed by atoms with Crippen LogP contribution in [0.3, 0.4) is 0 Å². The first kappa shape index (κ1) is 10.7. The molecule has 1 aromatic heterocycles. The van der Waals surface area contributed by atoms with E-state index < -0.39 is 12.1 Å². The molecule has 1 aromatic rings. The van der Waals surface area contributed by atoms with Crippen molar-refractivity contribution in [2.75, 3.05) is 5.73 Å². The molecule has 0 radical (unpaired) electrons. The third-order valence-electron chi connectivity index (χ3n) is 1.70. The van der Waals surface area contributed by atoms with Gasteiger partial charge >= 0.3 is 0 Å². The van der Waals surface area contributed by atoms with E-state index in [1.54, 1.807) is 6.07 Å². The number of nitrogens with two attached hydrogens (primary N) is 1. The van der Waals surface area contributed by atoms with E-state index in [9.17, 15) is 8.78 Å². The lowest BCUT2D eigenvalue weighted by Crippen LogP contribution is -2.03. The maximum atomic E-state index is 12.4. The molecular weight excluding hydrogens is 212 g/mol. The number of pyridine rings is 1. The van der Waals surface area contributed by atoms with Crippen molar-refractivity contribution in [3.05, 3.63) is 23.0 Å². The molecule has 14 heavy (non-hydrogen) atoms. The molecule has 0 amide bonds. The molecule has 1 heterocycles. The second-order valence-corrected chi connectivity index (χ2v) is 2.77.